The summed E-state index contributed by atoms with van der Waals surface area (Å²) in [6.45, 7) is 1.83. The molecular formula is C6H14BO2P. The summed E-state index contributed by atoms with van der Waals surface area (Å²) in [7, 11) is 0.248. The minimum Gasteiger partial charge on any atom is -0.371 e. The van der Waals surface area contributed by atoms with Crippen molar-refractivity contribution in [2.75, 3.05) is 19.2 Å². The van der Waals surface area contributed by atoms with Crippen LogP contribution >= 0.6 is 7.14 Å². The van der Waals surface area contributed by atoms with Gasteiger partial charge in [-0.05, 0) is 13.1 Å². The van der Waals surface area contributed by atoms with Crippen molar-refractivity contribution in [3.05, 3.63) is 0 Å². The molecule has 1 heterocycles. The van der Waals surface area contributed by atoms with E-state index in [0.29, 0.717) is 12.5 Å². The maximum atomic E-state index is 11.4. The van der Waals surface area contributed by atoms with Crippen LogP contribution in [0.4, 0.5) is 0 Å². The van der Waals surface area contributed by atoms with Gasteiger partial charge in [-0.25, -0.2) is 0 Å². The van der Waals surface area contributed by atoms with Gasteiger partial charge < -0.3 is 9.30 Å². The van der Waals surface area contributed by atoms with Crippen molar-refractivity contribution in [3.63, 3.8) is 0 Å². The molecule has 0 saturated carbocycles. The van der Waals surface area contributed by atoms with Crippen LogP contribution in [0, 0.1) is 0 Å². The first-order chi connectivity index (χ1) is 4.64. The lowest BCUT2D eigenvalue weighted by Gasteiger charge is -2.26. The highest BCUT2D eigenvalue weighted by Gasteiger charge is 2.24. The lowest BCUT2D eigenvalue weighted by atomic mass is 9.98. The van der Waals surface area contributed by atoms with Crippen LogP contribution in [0.3, 0.4) is 0 Å². The molecule has 0 N–H and O–H groups in total. The fraction of sp³-hybridized carbons (Fsp3) is 1.00. The van der Waals surface area contributed by atoms with Gasteiger partial charge in [-0.15, -0.1) is 0 Å². The first kappa shape index (κ1) is 8.35. The summed E-state index contributed by atoms with van der Waals surface area (Å²) in [5.41, 5.74) is 0. The molecule has 1 saturated heterocycles. The predicted molar refractivity (Wildman–Crippen MR) is 46.1 cm³/mol. The van der Waals surface area contributed by atoms with Crippen LogP contribution in [-0.4, -0.2) is 33.1 Å². The number of ether oxygens (including phenoxy) is 1. The molecule has 1 rings (SSSR count). The van der Waals surface area contributed by atoms with Gasteiger partial charge in [0.05, 0.1) is 12.5 Å². The van der Waals surface area contributed by atoms with E-state index in [9.17, 15) is 4.57 Å². The van der Waals surface area contributed by atoms with Crippen molar-refractivity contribution >= 4 is 15.0 Å². The highest BCUT2D eigenvalue weighted by Crippen LogP contribution is 2.45. The van der Waals surface area contributed by atoms with E-state index in [-0.39, 0.29) is 0 Å². The molecule has 0 spiro atoms. The number of hydrogen-bond donors (Lipinski definition) is 0. The van der Waals surface area contributed by atoms with Crippen molar-refractivity contribution in [1.29, 1.82) is 0 Å². The van der Waals surface area contributed by atoms with Gasteiger partial charge in [0.2, 0.25) is 0 Å². The Kier molecular flexibility index (Phi) is 2.59. The molecular weight excluding hydrogens is 146 g/mol. The molecule has 2 unspecified atom stereocenters. The molecule has 2 atom stereocenters. The molecule has 1 fully saturated rings. The van der Waals surface area contributed by atoms with Gasteiger partial charge >= 0.3 is 0 Å². The smallest absolute Gasteiger partial charge is 0.109 e. The second kappa shape index (κ2) is 3.10. The summed E-state index contributed by atoms with van der Waals surface area (Å²) < 4.78 is 16.7. The Labute approximate surface area is 63.1 Å². The van der Waals surface area contributed by atoms with Crippen LogP contribution in [0.2, 0.25) is 6.32 Å². The van der Waals surface area contributed by atoms with Crippen molar-refractivity contribution in [2.24, 2.45) is 0 Å². The van der Waals surface area contributed by atoms with Gasteiger partial charge in [-0.3, -0.25) is 0 Å². The average molecular weight is 160 g/mol. The minimum absolute atomic E-state index is 0.377. The lowest BCUT2D eigenvalue weighted by molar-refractivity contribution is 0.0882. The SMILES string of the molecule is BCC1CCP(C)(=O)CO1. The zero-order chi connectivity index (χ0) is 7.61. The van der Waals surface area contributed by atoms with E-state index in [1.807, 2.05) is 6.66 Å². The van der Waals surface area contributed by atoms with Crippen LogP contribution in [0.15, 0.2) is 0 Å². The van der Waals surface area contributed by atoms with E-state index in [1.54, 1.807) is 0 Å². The zero-order valence-electron chi connectivity index (χ0n) is 6.67. The van der Waals surface area contributed by atoms with Crippen LogP contribution in [0.1, 0.15) is 6.42 Å². The zero-order valence-corrected chi connectivity index (χ0v) is 7.56. The molecule has 1 aliphatic rings. The first-order valence-corrected chi connectivity index (χ1v) is 6.33. The Bertz CT molecular complexity index is 148. The summed E-state index contributed by atoms with van der Waals surface area (Å²) in [4.78, 5) is 0. The second-order valence-corrected chi connectivity index (χ2v) is 6.43. The summed E-state index contributed by atoms with van der Waals surface area (Å²) in [6, 6.07) is 0. The molecule has 0 aromatic rings. The van der Waals surface area contributed by atoms with Crippen LogP contribution in [-0.2, 0) is 9.30 Å². The maximum Gasteiger partial charge on any atom is 0.109 e. The summed E-state index contributed by atoms with van der Waals surface area (Å²) in [5, 5.41) is 0. The Balaban J connectivity index is 2.38. The molecule has 0 aromatic carbocycles. The Hall–Kier alpha value is 0.255. The third-order valence-electron chi connectivity index (χ3n) is 1.96. The third kappa shape index (κ3) is 2.14. The van der Waals surface area contributed by atoms with Crippen LogP contribution < -0.4 is 0 Å². The van der Waals surface area contributed by atoms with Gasteiger partial charge in [0, 0.05) is 6.16 Å². The maximum absolute atomic E-state index is 11.4. The molecule has 0 bridgehead atoms. The summed E-state index contributed by atoms with van der Waals surface area (Å²) in [6.07, 6.45) is 3.81. The Morgan fingerprint density at radius 1 is 1.80 bits per heavy atom. The van der Waals surface area contributed by atoms with Gasteiger partial charge in [0.25, 0.3) is 0 Å². The third-order valence-corrected chi connectivity index (χ3v) is 3.86. The van der Waals surface area contributed by atoms with Crippen molar-refractivity contribution in [2.45, 2.75) is 18.8 Å². The minimum atomic E-state index is -1.86. The normalized spacial score (nSPS) is 41.5. The van der Waals surface area contributed by atoms with Crippen LogP contribution in [0.5, 0.6) is 0 Å². The van der Waals surface area contributed by atoms with Gasteiger partial charge in [-0.2, -0.15) is 0 Å². The second-order valence-electron chi connectivity index (χ2n) is 3.14. The molecule has 0 amide bonds. The quantitative estimate of drug-likeness (QED) is 0.418. The molecule has 10 heavy (non-hydrogen) atoms. The fourth-order valence-electron chi connectivity index (χ4n) is 1.15. The Morgan fingerprint density at radius 2 is 2.50 bits per heavy atom. The molecule has 0 aromatic heterocycles. The average Bonchev–Trinajstić information content (AvgIpc) is 1.88. The van der Waals surface area contributed by atoms with Gasteiger partial charge in [0.15, 0.2) is 0 Å². The number of hydrogen-bond acceptors (Lipinski definition) is 2. The van der Waals surface area contributed by atoms with Gasteiger partial charge in [0.1, 0.15) is 15.0 Å². The van der Waals surface area contributed by atoms with Gasteiger partial charge in [-0.1, -0.05) is 6.32 Å². The van der Waals surface area contributed by atoms with Crippen molar-refractivity contribution in [3.8, 4) is 0 Å². The topological polar surface area (TPSA) is 26.3 Å². The molecule has 0 radical (unpaired) electrons. The first-order valence-electron chi connectivity index (χ1n) is 3.81. The summed E-state index contributed by atoms with van der Waals surface area (Å²) >= 11 is 0. The van der Waals surface area contributed by atoms with E-state index in [2.05, 4.69) is 7.85 Å². The number of rotatable bonds is 1. The highest BCUT2D eigenvalue weighted by molar-refractivity contribution is 7.63. The van der Waals surface area contributed by atoms with E-state index in [4.69, 9.17) is 4.74 Å². The van der Waals surface area contributed by atoms with E-state index >= 15 is 0 Å². The van der Waals surface area contributed by atoms with E-state index in [1.165, 1.54) is 0 Å². The summed E-state index contributed by atoms with van der Waals surface area (Å²) in [5.74, 6) is 0. The largest absolute Gasteiger partial charge is 0.371 e. The van der Waals surface area contributed by atoms with E-state index < -0.39 is 7.14 Å². The molecule has 1 aliphatic heterocycles. The molecule has 58 valence electrons. The highest BCUT2D eigenvalue weighted by atomic mass is 31.2. The molecule has 0 aliphatic carbocycles. The monoisotopic (exact) mass is 160 g/mol. The Morgan fingerprint density at radius 3 is 2.90 bits per heavy atom. The van der Waals surface area contributed by atoms with Crippen molar-refractivity contribution in [1.82, 2.24) is 0 Å². The predicted octanol–water partition coefficient (Wildman–Crippen LogP) is 0.777. The fourth-order valence-corrected chi connectivity index (χ4v) is 2.64. The molecule has 4 heteroatoms. The molecule has 2 nitrogen and oxygen atoms in total. The van der Waals surface area contributed by atoms with E-state index in [0.717, 1.165) is 18.9 Å². The standard InChI is InChI=1S/C6H14BO2P/c1-10(8)3-2-6(4-7)9-5-10/h6H,2-5,7H2,1H3. The van der Waals surface area contributed by atoms with Crippen molar-refractivity contribution < 1.29 is 9.30 Å². The lowest BCUT2D eigenvalue weighted by Crippen LogP contribution is -2.20. The van der Waals surface area contributed by atoms with Crippen LogP contribution in [0.25, 0.3) is 0 Å².